The van der Waals surface area contributed by atoms with E-state index in [9.17, 15) is 0 Å². The molecule has 0 saturated carbocycles. The van der Waals surface area contributed by atoms with Crippen molar-refractivity contribution in [2.75, 3.05) is 12.2 Å². The topological polar surface area (TPSA) is 52.0 Å². The molecule has 1 rings (SSSR count). The first-order chi connectivity index (χ1) is 6.25. The summed E-state index contributed by atoms with van der Waals surface area (Å²) in [4.78, 5) is 0. The van der Waals surface area contributed by atoms with E-state index in [0.29, 0.717) is 5.69 Å². The third-order valence-electron chi connectivity index (χ3n) is 1.13. The van der Waals surface area contributed by atoms with Crippen LogP contribution in [0.1, 0.15) is 11.0 Å². The van der Waals surface area contributed by atoms with Crippen molar-refractivity contribution in [2.24, 2.45) is 5.73 Å². The van der Waals surface area contributed by atoms with E-state index in [0.717, 1.165) is 0 Å². The largest absolute Gasteiger partial charge is 0.399 e. The van der Waals surface area contributed by atoms with Gasteiger partial charge in [0.25, 0.3) is 0 Å². The molecule has 0 atom stereocenters. The molecular weight excluding hydrogens is 195 g/mol. The third kappa shape index (κ3) is 4.44. The lowest BCUT2D eigenvalue weighted by atomic mass is 10.1. The number of aryl methyl sites for hydroxylation is 1. The van der Waals surface area contributed by atoms with Crippen LogP contribution in [-0.2, 0) is 6.37 Å². The van der Waals surface area contributed by atoms with Crippen molar-refractivity contribution in [3.8, 4) is 0 Å². The molecule has 70 valence electrons. The van der Waals surface area contributed by atoms with Crippen molar-refractivity contribution < 1.29 is 5.48 Å². The molecule has 12 heavy (non-hydrogen) atoms. The molecule has 2 nitrogen and oxygen atoms in total. The van der Waals surface area contributed by atoms with Crippen LogP contribution in [0.2, 0.25) is 0 Å². The summed E-state index contributed by atoms with van der Waals surface area (Å²) in [5, 5.41) is 0. The van der Waals surface area contributed by atoms with Gasteiger partial charge in [-0.25, -0.2) is 0 Å². The number of benzene rings is 1. The summed E-state index contributed by atoms with van der Waals surface area (Å²) in [6.45, 7) is -2.41. The number of rotatable bonds is 2. The van der Waals surface area contributed by atoms with Crippen molar-refractivity contribution in [3.05, 3.63) is 29.8 Å². The maximum absolute atomic E-state index is 7.52. The van der Waals surface area contributed by atoms with Gasteiger partial charge in [-0.1, -0.05) is 12.1 Å². The highest BCUT2D eigenvalue weighted by molar-refractivity contribution is 5.85. The predicted molar refractivity (Wildman–Crippen MR) is 58.1 cm³/mol. The highest BCUT2D eigenvalue weighted by Crippen LogP contribution is 2.04. The van der Waals surface area contributed by atoms with Crippen LogP contribution < -0.4 is 11.5 Å². The molecular formula is C8H14Cl2N2. The Bertz CT molecular complexity index is 324. The molecule has 1 aromatic carbocycles. The Morgan fingerprint density at radius 2 is 1.67 bits per heavy atom. The Morgan fingerprint density at radius 3 is 2.08 bits per heavy atom. The first-order valence-electron chi connectivity index (χ1n) is 4.90. The average molecular weight is 213 g/mol. The van der Waals surface area contributed by atoms with Gasteiger partial charge in [-0.05, 0) is 30.6 Å². The van der Waals surface area contributed by atoms with Crippen molar-refractivity contribution in [1.29, 1.82) is 0 Å². The lowest BCUT2D eigenvalue weighted by Crippen LogP contribution is -2.02. The van der Waals surface area contributed by atoms with Crippen LogP contribution in [0.5, 0.6) is 0 Å². The average Bonchev–Trinajstić information content (AvgIpc) is 2.03. The van der Waals surface area contributed by atoms with Crippen molar-refractivity contribution in [1.82, 2.24) is 0 Å². The smallest absolute Gasteiger partial charge is 0.0429 e. The second-order valence-corrected chi connectivity index (χ2v) is 1.89. The van der Waals surface area contributed by atoms with Gasteiger partial charge in [0, 0.05) is 11.2 Å². The summed E-state index contributed by atoms with van der Waals surface area (Å²) < 4.78 is 29.4. The van der Waals surface area contributed by atoms with Gasteiger partial charge >= 0.3 is 0 Å². The Kier molecular flexibility index (Phi) is 4.22. The molecule has 0 unspecified atom stereocenters. The molecule has 4 N–H and O–H groups in total. The van der Waals surface area contributed by atoms with Gasteiger partial charge in [-0.3, -0.25) is 0 Å². The summed E-state index contributed by atoms with van der Waals surface area (Å²) in [7, 11) is 0. The molecule has 0 saturated heterocycles. The Labute approximate surface area is 90.8 Å². The number of nitrogen functional groups attached to an aromatic ring is 1. The number of nitrogens with two attached hydrogens (primary N) is 2. The fourth-order valence-corrected chi connectivity index (χ4v) is 0.650. The van der Waals surface area contributed by atoms with E-state index in [1.807, 2.05) is 0 Å². The van der Waals surface area contributed by atoms with E-state index in [-0.39, 0.29) is 30.4 Å². The summed E-state index contributed by atoms with van der Waals surface area (Å²) in [6.07, 6.45) is -2.22. The highest BCUT2D eigenvalue weighted by atomic mass is 35.5. The van der Waals surface area contributed by atoms with Gasteiger partial charge in [-0.15, -0.1) is 24.8 Å². The molecule has 0 aliphatic heterocycles. The molecule has 0 amide bonds. The zero-order valence-electron chi connectivity index (χ0n) is 10.3. The molecule has 1 aromatic rings. The fraction of sp³-hybridized carbons (Fsp3) is 0.250. The maximum Gasteiger partial charge on any atom is 0.0429 e. The SMILES string of the molecule is Cl.Cl.[2H]C([2H])(N)C([2H])([2H])c1ccc(N)cc1. The minimum Gasteiger partial charge on any atom is -0.399 e. The molecule has 0 spiro atoms. The lowest BCUT2D eigenvalue weighted by Gasteiger charge is -1.97. The second-order valence-electron chi connectivity index (χ2n) is 1.89. The van der Waals surface area contributed by atoms with E-state index in [4.69, 9.17) is 17.0 Å². The van der Waals surface area contributed by atoms with E-state index < -0.39 is 12.9 Å². The lowest BCUT2D eigenvalue weighted by molar-refractivity contribution is 0.969. The molecule has 4 heteroatoms. The van der Waals surface area contributed by atoms with Crippen molar-refractivity contribution in [2.45, 2.75) is 6.37 Å². The number of hydrogen-bond acceptors (Lipinski definition) is 2. The van der Waals surface area contributed by atoms with Crippen LogP contribution in [0.25, 0.3) is 0 Å². The maximum atomic E-state index is 7.52. The van der Waals surface area contributed by atoms with Crippen molar-refractivity contribution in [3.63, 3.8) is 0 Å². The van der Waals surface area contributed by atoms with Crippen LogP contribution in [0.4, 0.5) is 5.69 Å². The molecule has 0 aliphatic rings. The summed E-state index contributed by atoms with van der Waals surface area (Å²) in [5.74, 6) is 0. The zero-order valence-corrected chi connectivity index (χ0v) is 7.91. The normalized spacial score (nSPS) is 15.4. The van der Waals surface area contributed by atoms with E-state index in [2.05, 4.69) is 0 Å². The van der Waals surface area contributed by atoms with Gasteiger partial charge in [0.1, 0.15) is 0 Å². The minimum atomic E-state index is -2.41. The number of hydrogen-bond donors (Lipinski definition) is 2. The van der Waals surface area contributed by atoms with Crippen molar-refractivity contribution >= 4 is 30.5 Å². The quantitative estimate of drug-likeness (QED) is 0.733. The van der Waals surface area contributed by atoms with Crippen LogP contribution in [0, 0.1) is 0 Å². The number of halogens is 2. The Hall–Kier alpha value is -0.440. The summed E-state index contributed by atoms with van der Waals surface area (Å²) >= 11 is 0. The second kappa shape index (κ2) is 7.22. The standard InChI is InChI=1S/C8H12N2.2ClH/c9-6-5-7-1-3-8(10)4-2-7;;/h1-4H,5-6,9-10H2;2*1H/i5D2,6D2;;. The summed E-state index contributed by atoms with van der Waals surface area (Å²) in [5.41, 5.74) is 11.2. The molecule has 0 radical (unpaired) electrons. The summed E-state index contributed by atoms with van der Waals surface area (Å²) in [6, 6.07) is 5.89. The van der Waals surface area contributed by atoms with Gasteiger partial charge in [0.15, 0.2) is 0 Å². The van der Waals surface area contributed by atoms with Gasteiger partial charge in [0.05, 0.1) is 0 Å². The molecule has 0 aromatic heterocycles. The van der Waals surface area contributed by atoms with Gasteiger partial charge in [0.2, 0.25) is 0 Å². The van der Waals surface area contributed by atoms with Crippen LogP contribution in [0.15, 0.2) is 24.3 Å². The molecule has 0 heterocycles. The highest BCUT2D eigenvalue weighted by Gasteiger charge is 1.88. The van der Waals surface area contributed by atoms with E-state index >= 15 is 0 Å². The van der Waals surface area contributed by atoms with E-state index in [1.54, 1.807) is 0 Å². The zero-order chi connectivity index (χ0) is 11.0. The first kappa shape index (κ1) is 7.01. The van der Waals surface area contributed by atoms with Crippen LogP contribution in [-0.4, -0.2) is 6.50 Å². The molecule has 0 bridgehead atoms. The fourth-order valence-electron chi connectivity index (χ4n) is 0.650. The van der Waals surface area contributed by atoms with E-state index in [1.165, 1.54) is 24.3 Å². The van der Waals surface area contributed by atoms with Crippen LogP contribution in [0.3, 0.4) is 0 Å². The first-order valence-corrected chi connectivity index (χ1v) is 2.90. The Balaban J connectivity index is 0. The Morgan fingerprint density at radius 1 is 1.17 bits per heavy atom. The third-order valence-corrected chi connectivity index (χ3v) is 1.13. The van der Waals surface area contributed by atoms with Gasteiger partial charge < -0.3 is 11.5 Å². The van der Waals surface area contributed by atoms with Crippen LogP contribution >= 0.6 is 24.8 Å². The molecule has 0 aliphatic carbocycles. The molecule has 0 fully saturated rings. The predicted octanol–water partition coefficient (Wildman–Crippen LogP) is 1.61. The minimum absolute atomic E-state index is 0. The number of anilines is 1. The monoisotopic (exact) mass is 212 g/mol. The van der Waals surface area contributed by atoms with Gasteiger partial charge in [-0.2, -0.15) is 0 Å².